The average Bonchev–Trinajstić information content (AvgIpc) is 2.87. The predicted octanol–water partition coefficient (Wildman–Crippen LogP) is 8.21. The lowest BCUT2D eigenvalue weighted by atomic mass is 9.69. The van der Waals surface area contributed by atoms with Crippen LogP contribution < -0.4 is 4.74 Å². The topological polar surface area (TPSA) is 18.5 Å². The minimum atomic E-state index is -0.850. The van der Waals surface area contributed by atoms with Crippen molar-refractivity contribution in [1.82, 2.24) is 0 Å². The largest absolute Gasteiger partial charge is 0.491 e. The van der Waals surface area contributed by atoms with Crippen LogP contribution in [0.1, 0.15) is 95.5 Å². The molecule has 0 aromatic heterocycles. The van der Waals surface area contributed by atoms with Crippen LogP contribution in [0.2, 0.25) is 0 Å². The van der Waals surface area contributed by atoms with Gasteiger partial charge in [0.15, 0.2) is 11.6 Å². The summed E-state index contributed by atoms with van der Waals surface area (Å²) in [7, 11) is 0. The highest BCUT2D eigenvalue weighted by molar-refractivity contribution is 5.33. The van der Waals surface area contributed by atoms with Crippen molar-refractivity contribution >= 4 is 0 Å². The molecule has 0 bridgehead atoms. The summed E-state index contributed by atoms with van der Waals surface area (Å²) in [6.45, 7) is 6.95. The zero-order valence-electron chi connectivity index (χ0n) is 20.4. The van der Waals surface area contributed by atoms with E-state index in [9.17, 15) is 8.78 Å². The zero-order valence-corrected chi connectivity index (χ0v) is 20.4. The molecule has 0 atom stereocenters. The van der Waals surface area contributed by atoms with Crippen LogP contribution in [-0.2, 0) is 4.74 Å². The molecule has 0 radical (unpaired) electrons. The van der Waals surface area contributed by atoms with E-state index in [0.29, 0.717) is 18.1 Å². The van der Waals surface area contributed by atoms with Crippen LogP contribution in [0.4, 0.5) is 8.78 Å². The van der Waals surface area contributed by atoms with Crippen LogP contribution in [-0.4, -0.2) is 19.3 Å². The van der Waals surface area contributed by atoms with E-state index in [-0.39, 0.29) is 17.8 Å². The van der Waals surface area contributed by atoms with Crippen molar-refractivity contribution in [1.29, 1.82) is 0 Å². The molecule has 3 fully saturated rings. The van der Waals surface area contributed by atoms with E-state index in [1.165, 1.54) is 51.4 Å². The summed E-state index contributed by atoms with van der Waals surface area (Å²) in [5.41, 5.74) is 0.495. The summed E-state index contributed by atoms with van der Waals surface area (Å²) in [6.07, 6.45) is 16.8. The van der Waals surface area contributed by atoms with Crippen LogP contribution in [0.15, 0.2) is 24.8 Å². The maximum Gasteiger partial charge on any atom is 0.200 e. The number of hydrogen-bond acceptors (Lipinski definition) is 2. The van der Waals surface area contributed by atoms with E-state index < -0.39 is 11.6 Å². The first-order valence-corrected chi connectivity index (χ1v) is 13.4. The van der Waals surface area contributed by atoms with Crippen LogP contribution in [0, 0.1) is 35.3 Å². The Morgan fingerprint density at radius 2 is 1.48 bits per heavy atom. The van der Waals surface area contributed by atoms with E-state index in [4.69, 9.17) is 9.47 Å². The quantitative estimate of drug-likeness (QED) is 0.364. The summed E-state index contributed by atoms with van der Waals surface area (Å²) in [5, 5.41) is 0. The predicted molar refractivity (Wildman–Crippen MR) is 130 cm³/mol. The Balaban J connectivity index is 1.17. The molecule has 1 aromatic rings. The van der Waals surface area contributed by atoms with Gasteiger partial charge < -0.3 is 9.47 Å². The van der Waals surface area contributed by atoms with Gasteiger partial charge in [0.25, 0.3) is 0 Å². The van der Waals surface area contributed by atoms with E-state index in [1.807, 2.05) is 0 Å². The molecule has 1 aromatic carbocycles. The highest BCUT2D eigenvalue weighted by Gasteiger charge is 2.31. The number of allylic oxidation sites excluding steroid dienone is 1. The monoisotopic (exact) mass is 460 g/mol. The van der Waals surface area contributed by atoms with E-state index >= 15 is 0 Å². The van der Waals surface area contributed by atoms with Crippen molar-refractivity contribution < 1.29 is 18.3 Å². The Hall–Kier alpha value is -1.42. The summed E-state index contributed by atoms with van der Waals surface area (Å²) < 4.78 is 40.3. The van der Waals surface area contributed by atoms with Gasteiger partial charge in [0.2, 0.25) is 5.82 Å². The van der Waals surface area contributed by atoms with Crippen LogP contribution in [0.25, 0.3) is 0 Å². The third-order valence-corrected chi connectivity index (χ3v) is 8.77. The summed E-state index contributed by atoms with van der Waals surface area (Å²) >= 11 is 0. The smallest absolute Gasteiger partial charge is 0.200 e. The van der Waals surface area contributed by atoms with Crippen molar-refractivity contribution in [3.63, 3.8) is 0 Å². The second-order valence-electron chi connectivity index (χ2n) is 10.7. The molecule has 3 aliphatic carbocycles. The highest BCUT2D eigenvalue weighted by Crippen LogP contribution is 2.42. The Bertz CT molecular complexity index is 755. The number of benzene rings is 1. The van der Waals surface area contributed by atoms with Crippen LogP contribution in [0.3, 0.4) is 0 Å². The molecule has 0 spiro atoms. The van der Waals surface area contributed by atoms with Crippen molar-refractivity contribution in [2.45, 2.75) is 96.0 Å². The van der Waals surface area contributed by atoms with Crippen molar-refractivity contribution in [3.05, 3.63) is 42.0 Å². The van der Waals surface area contributed by atoms with Gasteiger partial charge in [-0.25, -0.2) is 4.39 Å². The number of halogens is 2. The minimum Gasteiger partial charge on any atom is -0.491 e. The summed E-state index contributed by atoms with van der Waals surface area (Å²) in [5.74, 6) is 1.80. The van der Waals surface area contributed by atoms with Gasteiger partial charge in [-0.15, -0.1) is 6.58 Å². The SMILES string of the molecule is C=CC1CCC(C2CCC(COC3CCC(c4ccc(OCC)c(F)c4F)CC3)CC2)CC1. The van der Waals surface area contributed by atoms with Crippen LogP contribution >= 0.6 is 0 Å². The van der Waals surface area contributed by atoms with Gasteiger partial charge in [0.1, 0.15) is 0 Å². The van der Waals surface area contributed by atoms with Gasteiger partial charge in [0.05, 0.1) is 12.7 Å². The van der Waals surface area contributed by atoms with Gasteiger partial charge in [-0.1, -0.05) is 12.1 Å². The first-order chi connectivity index (χ1) is 16.1. The number of ether oxygens (including phenoxy) is 2. The molecule has 2 nitrogen and oxygen atoms in total. The molecule has 33 heavy (non-hydrogen) atoms. The Kier molecular flexibility index (Phi) is 8.85. The fourth-order valence-corrected chi connectivity index (χ4v) is 6.62. The maximum absolute atomic E-state index is 14.6. The van der Waals surface area contributed by atoms with Crippen LogP contribution in [0.5, 0.6) is 5.75 Å². The molecule has 0 unspecified atom stereocenters. The molecular formula is C29H42F2O2. The van der Waals surface area contributed by atoms with Crippen molar-refractivity contribution in [2.24, 2.45) is 23.7 Å². The highest BCUT2D eigenvalue weighted by atomic mass is 19.2. The standard InChI is InChI=1S/C29H42F2O2/c1-3-20-5-9-22(10-6-20)23-11-7-21(8-12-23)19-33-25-15-13-24(14-16-25)26-17-18-27(32-4-2)29(31)28(26)30/h3,17-18,20-25H,1,4-16,19H2,2H3. The third kappa shape index (κ3) is 6.18. The second kappa shape index (κ2) is 11.8. The lowest BCUT2D eigenvalue weighted by molar-refractivity contribution is -0.00771. The Morgan fingerprint density at radius 3 is 2.09 bits per heavy atom. The molecular weight excluding hydrogens is 418 g/mol. The number of rotatable bonds is 8. The molecule has 0 heterocycles. The average molecular weight is 461 g/mol. The van der Waals surface area contributed by atoms with E-state index in [0.717, 1.165) is 50.0 Å². The van der Waals surface area contributed by atoms with Crippen molar-refractivity contribution in [2.75, 3.05) is 13.2 Å². The fourth-order valence-electron chi connectivity index (χ4n) is 6.62. The molecule has 0 N–H and O–H groups in total. The first kappa shape index (κ1) is 24.7. The fraction of sp³-hybridized carbons (Fsp3) is 0.724. The van der Waals surface area contributed by atoms with Gasteiger partial charge in [-0.3, -0.25) is 0 Å². The maximum atomic E-state index is 14.6. The molecule has 4 rings (SSSR count). The Labute approximate surface area is 199 Å². The third-order valence-electron chi connectivity index (χ3n) is 8.77. The lowest BCUT2D eigenvalue weighted by Crippen LogP contribution is -2.28. The summed E-state index contributed by atoms with van der Waals surface area (Å²) in [6, 6.07) is 3.28. The number of hydrogen-bond donors (Lipinski definition) is 0. The second-order valence-corrected chi connectivity index (χ2v) is 10.7. The normalized spacial score (nSPS) is 32.9. The molecule has 4 heteroatoms. The molecule has 0 saturated heterocycles. The lowest BCUT2D eigenvalue weighted by Gasteiger charge is -2.38. The molecule has 3 aliphatic rings. The van der Waals surface area contributed by atoms with Crippen molar-refractivity contribution in [3.8, 4) is 5.75 Å². The van der Waals surface area contributed by atoms with Gasteiger partial charge in [-0.2, -0.15) is 4.39 Å². The zero-order chi connectivity index (χ0) is 23.2. The molecule has 184 valence electrons. The van der Waals surface area contributed by atoms with Gasteiger partial charge >= 0.3 is 0 Å². The van der Waals surface area contributed by atoms with E-state index in [2.05, 4.69) is 12.7 Å². The van der Waals surface area contributed by atoms with Gasteiger partial charge in [0, 0.05) is 6.61 Å². The van der Waals surface area contributed by atoms with E-state index in [1.54, 1.807) is 19.1 Å². The molecule has 0 amide bonds. The summed E-state index contributed by atoms with van der Waals surface area (Å²) in [4.78, 5) is 0. The Morgan fingerprint density at radius 1 is 0.848 bits per heavy atom. The van der Waals surface area contributed by atoms with Gasteiger partial charge in [-0.05, 0) is 125 Å². The molecule has 0 aliphatic heterocycles. The first-order valence-electron chi connectivity index (χ1n) is 13.4. The minimum absolute atomic E-state index is 0.00920. The molecule has 3 saturated carbocycles.